The van der Waals surface area contributed by atoms with Gasteiger partial charge in [0, 0.05) is 19.6 Å². The Balaban J connectivity index is 2.42. The molecule has 0 spiro atoms. The van der Waals surface area contributed by atoms with Gasteiger partial charge in [-0.05, 0) is 19.1 Å². The molecule has 19 heavy (non-hydrogen) atoms. The number of ether oxygens (including phenoxy) is 2. The molecule has 5 nitrogen and oxygen atoms in total. The van der Waals surface area contributed by atoms with Crippen molar-refractivity contribution in [3.05, 3.63) is 24.3 Å². The van der Waals surface area contributed by atoms with Gasteiger partial charge in [0.15, 0.2) is 11.5 Å². The van der Waals surface area contributed by atoms with Crippen LogP contribution in [0.3, 0.4) is 0 Å². The minimum Gasteiger partial charge on any atom is -0.490 e. The van der Waals surface area contributed by atoms with Crippen LogP contribution < -0.4 is 9.47 Å². The average molecular weight is 269 g/mol. The molecular formula is C14H23NO4. The molecule has 0 bridgehead atoms. The van der Waals surface area contributed by atoms with Gasteiger partial charge in [-0.2, -0.15) is 0 Å². The highest BCUT2D eigenvalue weighted by molar-refractivity contribution is 5.39. The number of para-hydroxylation sites is 2. The molecule has 1 rings (SSSR count). The molecule has 108 valence electrons. The maximum Gasteiger partial charge on any atom is 0.161 e. The number of nitrogens with zero attached hydrogens (tertiary/aromatic N) is 1. The smallest absolute Gasteiger partial charge is 0.161 e. The van der Waals surface area contributed by atoms with E-state index in [1.807, 2.05) is 36.1 Å². The Morgan fingerprint density at radius 2 is 1.53 bits per heavy atom. The molecule has 0 unspecified atom stereocenters. The summed E-state index contributed by atoms with van der Waals surface area (Å²) < 4.78 is 11.2. The first-order valence-electron chi connectivity index (χ1n) is 6.60. The lowest BCUT2D eigenvalue weighted by Gasteiger charge is -2.20. The van der Waals surface area contributed by atoms with Gasteiger partial charge in [0.1, 0.15) is 6.61 Å². The zero-order valence-electron chi connectivity index (χ0n) is 11.4. The normalized spacial score (nSPS) is 10.7. The second kappa shape index (κ2) is 9.61. The van der Waals surface area contributed by atoms with Crippen LogP contribution in [0.4, 0.5) is 0 Å². The number of rotatable bonds is 10. The second-order valence-corrected chi connectivity index (χ2v) is 4.02. The molecule has 0 fully saturated rings. The lowest BCUT2D eigenvalue weighted by atomic mass is 10.3. The molecule has 0 aromatic heterocycles. The SMILES string of the molecule is CCOc1ccccc1OCCN(CCO)CCO. The van der Waals surface area contributed by atoms with Crippen LogP contribution in [0.1, 0.15) is 6.92 Å². The maximum atomic E-state index is 8.91. The molecule has 1 aromatic rings. The van der Waals surface area contributed by atoms with E-state index < -0.39 is 0 Å². The van der Waals surface area contributed by atoms with Crippen LogP contribution in [0.15, 0.2) is 24.3 Å². The predicted molar refractivity (Wildman–Crippen MR) is 73.7 cm³/mol. The van der Waals surface area contributed by atoms with E-state index in [-0.39, 0.29) is 13.2 Å². The van der Waals surface area contributed by atoms with E-state index in [1.54, 1.807) is 0 Å². The van der Waals surface area contributed by atoms with E-state index in [4.69, 9.17) is 19.7 Å². The summed E-state index contributed by atoms with van der Waals surface area (Å²) in [4.78, 5) is 1.95. The first kappa shape index (κ1) is 15.8. The van der Waals surface area contributed by atoms with Crippen LogP contribution in [0.25, 0.3) is 0 Å². The first-order chi connectivity index (χ1) is 9.31. The summed E-state index contributed by atoms with van der Waals surface area (Å²) in [7, 11) is 0. The molecular weight excluding hydrogens is 246 g/mol. The topological polar surface area (TPSA) is 62.2 Å². The molecule has 5 heteroatoms. The fourth-order valence-electron chi connectivity index (χ4n) is 1.75. The van der Waals surface area contributed by atoms with E-state index in [0.717, 1.165) is 11.5 Å². The van der Waals surface area contributed by atoms with Gasteiger partial charge in [0.05, 0.1) is 19.8 Å². The third-order valence-electron chi connectivity index (χ3n) is 2.65. The van der Waals surface area contributed by atoms with E-state index in [9.17, 15) is 0 Å². The molecule has 0 amide bonds. The van der Waals surface area contributed by atoms with Crippen molar-refractivity contribution in [2.45, 2.75) is 6.92 Å². The molecule has 0 saturated carbocycles. The highest BCUT2D eigenvalue weighted by Gasteiger charge is 2.06. The van der Waals surface area contributed by atoms with Gasteiger partial charge >= 0.3 is 0 Å². The van der Waals surface area contributed by atoms with Gasteiger partial charge in [-0.15, -0.1) is 0 Å². The van der Waals surface area contributed by atoms with Crippen molar-refractivity contribution in [2.75, 3.05) is 46.1 Å². The second-order valence-electron chi connectivity index (χ2n) is 4.02. The van der Waals surface area contributed by atoms with Gasteiger partial charge in [-0.25, -0.2) is 0 Å². The molecule has 0 heterocycles. The largest absolute Gasteiger partial charge is 0.490 e. The van der Waals surface area contributed by atoms with E-state index in [2.05, 4.69) is 0 Å². The number of hydrogen-bond acceptors (Lipinski definition) is 5. The van der Waals surface area contributed by atoms with Crippen molar-refractivity contribution >= 4 is 0 Å². The van der Waals surface area contributed by atoms with E-state index >= 15 is 0 Å². The van der Waals surface area contributed by atoms with Crippen molar-refractivity contribution in [1.29, 1.82) is 0 Å². The summed E-state index contributed by atoms with van der Waals surface area (Å²) >= 11 is 0. The van der Waals surface area contributed by atoms with Crippen molar-refractivity contribution in [1.82, 2.24) is 4.90 Å². The molecule has 1 aromatic carbocycles. The third-order valence-corrected chi connectivity index (χ3v) is 2.65. The van der Waals surface area contributed by atoms with Crippen LogP contribution in [-0.2, 0) is 0 Å². The van der Waals surface area contributed by atoms with Crippen molar-refractivity contribution in [3.63, 3.8) is 0 Å². The molecule has 0 aliphatic rings. The third kappa shape index (κ3) is 5.92. The zero-order valence-corrected chi connectivity index (χ0v) is 11.4. The Morgan fingerprint density at radius 3 is 2.05 bits per heavy atom. The number of benzene rings is 1. The molecule has 0 atom stereocenters. The van der Waals surface area contributed by atoms with Crippen molar-refractivity contribution in [3.8, 4) is 11.5 Å². The predicted octanol–water partition coefficient (Wildman–Crippen LogP) is 0.751. The number of aliphatic hydroxyl groups is 2. The minimum absolute atomic E-state index is 0.0789. The Morgan fingerprint density at radius 1 is 0.947 bits per heavy atom. The summed E-state index contributed by atoms with van der Waals surface area (Å²) in [6.07, 6.45) is 0. The minimum atomic E-state index is 0.0789. The molecule has 0 saturated heterocycles. The molecule has 0 aliphatic carbocycles. The van der Waals surface area contributed by atoms with E-state index in [0.29, 0.717) is 32.8 Å². The number of aliphatic hydroxyl groups excluding tert-OH is 2. The lowest BCUT2D eigenvalue weighted by Crippen LogP contribution is -2.33. The van der Waals surface area contributed by atoms with Crippen LogP contribution in [0.2, 0.25) is 0 Å². The fraction of sp³-hybridized carbons (Fsp3) is 0.571. The van der Waals surface area contributed by atoms with Crippen LogP contribution >= 0.6 is 0 Å². The Hall–Kier alpha value is -1.30. The Labute approximate surface area is 114 Å². The molecule has 0 radical (unpaired) electrons. The van der Waals surface area contributed by atoms with Gasteiger partial charge in [-0.3, -0.25) is 4.90 Å². The highest BCUT2D eigenvalue weighted by Crippen LogP contribution is 2.26. The lowest BCUT2D eigenvalue weighted by molar-refractivity contribution is 0.140. The average Bonchev–Trinajstić information content (AvgIpc) is 2.41. The molecule has 0 aliphatic heterocycles. The maximum absolute atomic E-state index is 8.91. The fourth-order valence-corrected chi connectivity index (χ4v) is 1.75. The summed E-state index contributed by atoms with van der Waals surface area (Å²) in [5.41, 5.74) is 0. The van der Waals surface area contributed by atoms with Crippen LogP contribution in [0.5, 0.6) is 11.5 Å². The van der Waals surface area contributed by atoms with Gasteiger partial charge < -0.3 is 19.7 Å². The summed E-state index contributed by atoms with van der Waals surface area (Å²) in [5.74, 6) is 1.46. The van der Waals surface area contributed by atoms with E-state index in [1.165, 1.54) is 0 Å². The van der Waals surface area contributed by atoms with Gasteiger partial charge in [0.2, 0.25) is 0 Å². The van der Waals surface area contributed by atoms with Gasteiger partial charge in [0.25, 0.3) is 0 Å². The Bertz CT molecular complexity index is 340. The standard InChI is InChI=1S/C14H23NO4/c1-2-18-13-5-3-4-6-14(13)19-12-9-15(7-10-16)8-11-17/h3-6,16-17H,2,7-12H2,1H3. The van der Waals surface area contributed by atoms with Crippen molar-refractivity contribution in [2.24, 2.45) is 0 Å². The summed E-state index contributed by atoms with van der Waals surface area (Å²) in [6, 6.07) is 7.55. The van der Waals surface area contributed by atoms with Crippen molar-refractivity contribution < 1.29 is 19.7 Å². The summed E-state index contributed by atoms with van der Waals surface area (Å²) in [5, 5.41) is 17.8. The van der Waals surface area contributed by atoms with Crippen LogP contribution in [-0.4, -0.2) is 61.2 Å². The van der Waals surface area contributed by atoms with Gasteiger partial charge in [-0.1, -0.05) is 12.1 Å². The molecule has 2 N–H and O–H groups in total. The highest BCUT2D eigenvalue weighted by atomic mass is 16.5. The summed E-state index contributed by atoms with van der Waals surface area (Å²) in [6.45, 7) is 4.91. The monoisotopic (exact) mass is 269 g/mol. The Kier molecular flexibility index (Phi) is 7.97. The number of hydrogen-bond donors (Lipinski definition) is 2. The zero-order chi connectivity index (χ0) is 13.9. The first-order valence-corrected chi connectivity index (χ1v) is 6.60. The van der Waals surface area contributed by atoms with Crippen LogP contribution in [0, 0.1) is 0 Å². The quantitative estimate of drug-likeness (QED) is 0.656.